The summed E-state index contributed by atoms with van der Waals surface area (Å²) in [5.74, 6) is 1.65. The van der Waals surface area contributed by atoms with Gasteiger partial charge in [0.1, 0.15) is 5.75 Å². The van der Waals surface area contributed by atoms with Gasteiger partial charge in [0.05, 0.1) is 17.7 Å². The van der Waals surface area contributed by atoms with Gasteiger partial charge in [-0.1, -0.05) is 25.8 Å². The molecule has 0 saturated heterocycles. The third kappa shape index (κ3) is 3.23. The van der Waals surface area contributed by atoms with Crippen molar-refractivity contribution in [2.24, 2.45) is 5.92 Å². The maximum Gasteiger partial charge on any atom is 0.121 e. The molecule has 1 aromatic rings. The molecule has 1 saturated carbocycles. The van der Waals surface area contributed by atoms with Gasteiger partial charge in [-0.25, -0.2) is 0 Å². The Morgan fingerprint density at radius 3 is 3.06 bits per heavy atom. The van der Waals surface area contributed by atoms with Gasteiger partial charge >= 0.3 is 0 Å². The maximum atomic E-state index is 8.84. The standard InChI is InChI=1S/C15H19NO/c1-2-12-5-3-7-14(9-12)17-15-8-4-6-13(10-15)11-16/h4,6,8,10,12,14H,2-3,5,7,9H2,1H3. The van der Waals surface area contributed by atoms with Crippen LogP contribution in [0.2, 0.25) is 0 Å². The van der Waals surface area contributed by atoms with Crippen molar-refractivity contribution < 1.29 is 4.74 Å². The van der Waals surface area contributed by atoms with E-state index in [1.807, 2.05) is 24.3 Å². The van der Waals surface area contributed by atoms with E-state index in [4.69, 9.17) is 10.00 Å². The lowest BCUT2D eigenvalue weighted by Crippen LogP contribution is -2.25. The largest absolute Gasteiger partial charge is 0.490 e. The summed E-state index contributed by atoms with van der Waals surface area (Å²) < 4.78 is 5.98. The number of rotatable bonds is 3. The summed E-state index contributed by atoms with van der Waals surface area (Å²) in [6.45, 7) is 2.25. The summed E-state index contributed by atoms with van der Waals surface area (Å²) in [4.78, 5) is 0. The van der Waals surface area contributed by atoms with Gasteiger partial charge in [-0.2, -0.15) is 5.26 Å². The normalized spacial score (nSPS) is 24.0. The molecule has 1 aliphatic carbocycles. The van der Waals surface area contributed by atoms with Crippen LogP contribution in [-0.4, -0.2) is 6.10 Å². The van der Waals surface area contributed by atoms with Crippen LogP contribution in [0.4, 0.5) is 0 Å². The Bertz CT molecular complexity index is 408. The van der Waals surface area contributed by atoms with Gasteiger partial charge in [0.2, 0.25) is 0 Å². The molecule has 0 heterocycles. The molecule has 0 amide bonds. The van der Waals surface area contributed by atoms with Crippen molar-refractivity contribution in [2.45, 2.75) is 45.1 Å². The van der Waals surface area contributed by atoms with Gasteiger partial charge < -0.3 is 4.74 Å². The van der Waals surface area contributed by atoms with Gasteiger partial charge in [-0.3, -0.25) is 0 Å². The third-order valence-electron chi connectivity index (χ3n) is 3.58. The van der Waals surface area contributed by atoms with E-state index in [0.717, 1.165) is 24.5 Å². The quantitative estimate of drug-likeness (QED) is 0.787. The molecule has 1 aliphatic rings. The Morgan fingerprint density at radius 2 is 2.29 bits per heavy atom. The first-order chi connectivity index (χ1) is 8.31. The second-order valence-electron chi connectivity index (χ2n) is 4.82. The van der Waals surface area contributed by atoms with Crippen LogP contribution in [0.15, 0.2) is 24.3 Å². The number of nitrogens with zero attached hydrogens (tertiary/aromatic N) is 1. The van der Waals surface area contributed by atoms with E-state index in [9.17, 15) is 0 Å². The summed E-state index contributed by atoms with van der Waals surface area (Å²) in [6.07, 6.45) is 6.50. The van der Waals surface area contributed by atoms with E-state index in [1.54, 1.807) is 0 Å². The van der Waals surface area contributed by atoms with Gasteiger partial charge in [-0.15, -0.1) is 0 Å². The zero-order valence-corrected chi connectivity index (χ0v) is 10.4. The molecule has 0 radical (unpaired) electrons. The average Bonchev–Trinajstić information content (AvgIpc) is 2.39. The van der Waals surface area contributed by atoms with Crippen LogP contribution in [0.1, 0.15) is 44.6 Å². The Kier molecular flexibility index (Phi) is 4.03. The van der Waals surface area contributed by atoms with Crippen LogP contribution in [0.3, 0.4) is 0 Å². The third-order valence-corrected chi connectivity index (χ3v) is 3.58. The first kappa shape index (κ1) is 12.0. The highest BCUT2D eigenvalue weighted by atomic mass is 16.5. The second-order valence-corrected chi connectivity index (χ2v) is 4.82. The zero-order chi connectivity index (χ0) is 12.1. The highest BCUT2D eigenvalue weighted by Crippen LogP contribution is 2.29. The fourth-order valence-electron chi connectivity index (χ4n) is 2.55. The number of ether oxygens (including phenoxy) is 1. The molecule has 17 heavy (non-hydrogen) atoms. The summed E-state index contributed by atoms with van der Waals surface area (Å²) in [6, 6.07) is 9.61. The van der Waals surface area contributed by atoms with Crippen molar-refractivity contribution >= 4 is 0 Å². The minimum absolute atomic E-state index is 0.336. The topological polar surface area (TPSA) is 33.0 Å². The monoisotopic (exact) mass is 229 g/mol. The van der Waals surface area contributed by atoms with Crippen molar-refractivity contribution in [3.8, 4) is 11.8 Å². The lowest BCUT2D eigenvalue weighted by Gasteiger charge is -2.28. The van der Waals surface area contributed by atoms with Crippen LogP contribution >= 0.6 is 0 Å². The Balaban J connectivity index is 1.98. The van der Waals surface area contributed by atoms with Crippen LogP contribution in [0.25, 0.3) is 0 Å². The van der Waals surface area contributed by atoms with Gasteiger partial charge in [0.25, 0.3) is 0 Å². The predicted octanol–water partition coefficient (Wildman–Crippen LogP) is 3.91. The van der Waals surface area contributed by atoms with E-state index in [2.05, 4.69) is 13.0 Å². The summed E-state index contributed by atoms with van der Waals surface area (Å²) in [5.41, 5.74) is 0.672. The second kappa shape index (κ2) is 5.72. The number of hydrogen-bond donors (Lipinski definition) is 0. The SMILES string of the molecule is CCC1CCCC(Oc2cccc(C#N)c2)C1. The van der Waals surface area contributed by atoms with Gasteiger partial charge in [-0.05, 0) is 43.4 Å². The minimum atomic E-state index is 0.336. The zero-order valence-electron chi connectivity index (χ0n) is 10.4. The fraction of sp³-hybridized carbons (Fsp3) is 0.533. The Morgan fingerprint density at radius 1 is 1.41 bits per heavy atom. The lowest BCUT2D eigenvalue weighted by atomic mass is 9.85. The first-order valence-corrected chi connectivity index (χ1v) is 6.48. The first-order valence-electron chi connectivity index (χ1n) is 6.48. The van der Waals surface area contributed by atoms with E-state index < -0.39 is 0 Å². The molecule has 2 rings (SSSR count). The smallest absolute Gasteiger partial charge is 0.121 e. The molecule has 0 N–H and O–H groups in total. The van der Waals surface area contributed by atoms with E-state index in [0.29, 0.717) is 11.7 Å². The minimum Gasteiger partial charge on any atom is -0.490 e. The summed E-state index contributed by atoms with van der Waals surface area (Å²) >= 11 is 0. The molecule has 2 heteroatoms. The maximum absolute atomic E-state index is 8.84. The van der Waals surface area contributed by atoms with Gasteiger partial charge in [0.15, 0.2) is 0 Å². The molecule has 2 nitrogen and oxygen atoms in total. The highest BCUT2D eigenvalue weighted by molar-refractivity contribution is 5.36. The molecule has 0 bridgehead atoms. The van der Waals surface area contributed by atoms with Crippen molar-refractivity contribution in [1.82, 2.24) is 0 Å². The van der Waals surface area contributed by atoms with Crippen LogP contribution in [-0.2, 0) is 0 Å². The van der Waals surface area contributed by atoms with Crippen LogP contribution < -0.4 is 4.74 Å². The van der Waals surface area contributed by atoms with E-state index in [-0.39, 0.29) is 0 Å². The molecule has 1 aromatic carbocycles. The molecule has 0 aliphatic heterocycles. The van der Waals surface area contributed by atoms with Crippen LogP contribution in [0, 0.1) is 17.2 Å². The Hall–Kier alpha value is -1.49. The molecule has 1 fully saturated rings. The molecule has 2 atom stereocenters. The predicted molar refractivity (Wildman–Crippen MR) is 67.8 cm³/mol. The van der Waals surface area contributed by atoms with Crippen molar-refractivity contribution in [3.05, 3.63) is 29.8 Å². The Labute approximate surface area is 103 Å². The van der Waals surface area contributed by atoms with Crippen molar-refractivity contribution in [3.63, 3.8) is 0 Å². The van der Waals surface area contributed by atoms with E-state index in [1.165, 1.54) is 19.3 Å². The van der Waals surface area contributed by atoms with Crippen LogP contribution in [0.5, 0.6) is 5.75 Å². The summed E-state index contributed by atoms with van der Waals surface area (Å²) in [5, 5.41) is 8.84. The van der Waals surface area contributed by atoms with E-state index >= 15 is 0 Å². The number of hydrogen-bond acceptors (Lipinski definition) is 2. The summed E-state index contributed by atoms with van der Waals surface area (Å²) in [7, 11) is 0. The van der Waals surface area contributed by atoms with Crippen molar-refractivity contribution in [1.29, 1.82) is 5.26 Å². The van der Waals surface area contributed by atoms with Crippen molar-refractivity contribution in [2.75, 3.05) is 0 Å². The molecule has 90 valence electrons. The average molecular weight is 229 g/mol. The van der Waals surface area contributed by atoms with Gasteiger partial charge in [0, 0.05) is 0 Å². The molecule has 0 aromatic heterocycles. The lowest BCUT2D eigenvalue weighted by molar-refractivity contribution is 0.122. The molecular formula is C15H19NO. The molecule has 0 spiro atoms. The highest BCUT2D eigenvalue weighted by Gasteiger charge is 2.21. The molecule has 2 unspecified atom stereocenters. The number of nitriles is 1. The number of benzene rings is 1. The molecular weight excluding hydrogens is 210 g/mol. The fourth-order valence-corrected chi connectivity index (χ4v) is 2.55.